The van der Waals surface area contributed by atoms with Gasteiger partial charge >= 0.3 is 5.97 Å². The summed E-state index contributed by atoms with van der Waals surface area (Å²) in [4.78, 5) is 24.3. The third-order valence-corrected chi connectivity index (χ3v) is 3.03. The third kappa shape index (κ3) is 3.94. The van der Waals surface area contributed by atoms with Gasteiger partial charge in [-0.25, -0.2) is 17.6 Å². The predicted octanol–water partition coefficient (Wildman–Crippen LogP) is 0.0284. The summed E-state index contributed by atoms with van der Waals surface area (Å²) in [7, 11) is -4.49. The summed E-state index contributed by atoms with van der Waals surface area (Å²) < 4.78 is 36.0. The Bertz CT molecular complexity index is 616. The molecule has 1 aromatic rings. The molecule has 2 N–H and O–H groups in total. The van der Waals surface area contributed by atoms with Crippen LogP contribution in [0, 0.1) is 15.9 Å². The van der Waals surface area contributed by atoms with Gasteiger partial charge in [0.25, 0.3) is 15.7 Å². The lowest BCUT2D eigenvalue weighted by Gasteiger charge is -2.06. The van der Waals surface area contributed by atoms with Gasteiger partial charge in [-0.3, -0.25) is 15.0 Å². The van der Waals surface area contributed by atoms with Gasteiger partial charge in [-0.1, -0.05) is 4.89 Å². The number of hydrogen-bond donors (Lipinski definition) is 2. The second-order valence-corrected chi connectivity index (χ2v) is 4.75. The highest BCUT2D eigenvalue weighted by atomic mass is 32.2. The van der Waals surface area contributed by atoms with Crippen molar-refractivity contribution in [3.63, 3.8) is 0 Å². The summed E-state index contributed by atoms with van der Waals surface area (Å²) in [5.74, 6) is -2.44. The first kappa shape index (κ1) is 14.9. The van der Waals surface area contributed by atoms with Crippen LogP contribution < -0.4 is 4.89 Å². The molecule has 9 nitrogen and oxygen atoms in total. The van der Waals surface area contributed by atoms with Crippen LogP contribution in [0.5, 0.6) is 0 Å². The van der Waals surface area contributed by atoms with Crippen LogP contribution in [-0.4, -0.2) is 31.0 Å². The van der Waals surface area contributed by atoms with Crippen molar-refractivity contribution in [1.82, 2.24) is 4.89 Å². The number of nitro benzene ring substituents is 1. The molecular formula is C8H7FN2O7S. The number of carbonyl (C=O) groups is 1. The van der Waals surface area contributed by atoms with E-state index in [1.54, 1.807) is 0 Å². The Kier molecular flexibility index (Phi) is 4.47. The maximum Gasteiger partial charge on any atom is 0.331 e. The molecular weight excluding hydrogens is 287 g/mol. The van der Waals surface area contributed by atoms with Gasteiger partial charge in [0.05, 0.1) is 11.0 Å². The standard InChI is InChI=1S/C8H7FN2O7S/c9-5-1-2-7(6(3-5)11(14)15)19(16,17)10-18-4-8(12)13/h1-3,10H,4H2,(H,12,13). The molecule has 0 unspecified atom stereocenters. The van der Waals surface area contributed by atoms with E-state index in [1.807, 2.05) is 0 Å². The van der Waals surface area contributed by atoms with Crippen LogP contribution in [0.3, 0.4) is 0 Å². The molecule has 1 aromatic carbocycles. The van der Waals surface area contributed by atoms with E-state index < -0.39 is 43.9 Å². The Balaban J connectivity index is 3.07. The number of benzene rings is 1. The van der Waals surface area contributed by atoms with Crippen molar-refractivity contribution in [2.45, 2.75) is 4.90 Å². The molecule has 0 aliphatic carbocycles. The average molecular weight is 294 g/mol. The highest BCUT2D eigenvalue weighted by Gasteiger charge is 2.26. The summed E-state index contributed by atoms with van der Waals surface area (Å²) in [6.45, 7) is -0.978. The smallest absolute Gasteiger partial charge is 0.331 e. The van der Waals surface area contributed by atoms with Crippen LogP contribution in [0.4, 0.5) is 10.1 Å². The zero-order valence-corrected chi connectivity index (χ0v) is 9.89. The summed E-state index contributed by atoms with van der Waals surface area (Å²) >= 11 is 0. The Morgan fingerprint density at radius 3 is 2.68 bits per heavy atom. The first-order valence-electron chi connectivity index (χ1n) is 4.53. The van der Waals surface area contributed by atoms with E-state index in [1.165, 1.54) is 4.89 Å². The Hall–Kier alpha value is -2.11. The number of rotatable bonds is 6. The summed E-state index contributed by atoms with van der Waals surface area (Å²) in [5.41, 5.74) is -0.994. The lowest BCUT2D eigenvalue weighted by Crippen LogP contribution is -2.27. The molecule has 0 radical (unpaired) electrons. The summed E-state index contributed by atoms with van der Waals surface area (Å²) in [5, 5.41) is 18.9. The zero-order chi connectivity index (χ0) is 14.6. The number of nitrogens with one attached hydrogen (secondary N) is 1. The fraction of sp³-hybridized carbons (Fsp3) is 0.125. The number of hydrogen-bond acceptors (Lipinski definition) is 6. The van der Waals surface area contributed by atoms with Crippen molar-refractivity contribution in [2.24, 2.45) is 0 Å². The van der Waals surface area contributed by atoms with Crippen molar-refractivity contribution in [1.29, 1.82) is 0 Å². The molecule has 0 saturated heterocycles. The fourth-order valence-corrected chi connectivity index (χ4v) is 2.03. The van der Waals surface area contributed by atoms with Gasteiger partial charge in [0.2, 0.25) is 0 Å². The van der Waals surface area contributed by atoms with E-state index in [0.717, 1.165) is 0 Å². The van der Waals surface area contributed by atoms with Crippen LogP contribution in [0.1, 0.15) is 0 Å². The third-order valence-electron chi connectivity index (χ3n) is 1.77. The SMILES string of the molecule is O=C(O)CONS(=O)(=O)c1ccc(F)cc1[N+](=O)[O-]. The second-order valence-electron chi connectivity index (χ2n) is 3.14. The van der Waals surface area contributed by atoms with E-state index in [0.29, 0.717) is 18.2 Å². The van der Waals surface area contributed by atoms with Crippen LogP contribution >= 0.6 is 0 Å². The molecule has 0 amide bonds. The molecule has 0 bridgehead atoms. The number of sulfonamides is 1. The van der Waals surface area contributed by atoms with E-state index in [4.69, 9.17) is 5.11 Å². The van der Waals surface area contributed by atoms with Crippen LogP contribution in [-0.2, 0) is 19.7 Å². The fourth-order valence-electron chi connectivity index (χ4n) is 1.07. The quantitative estimate of drug-likeness (QED) is 0.557. The highest BCUT2D eigenvalue weighted by Crippen LogP contribution is 2.24. The number of nitrogens with zero attached hydrogens (tertiary/aromatic N) is 1. The topological polar surface area (TPSA) is 136 Å². The molecule has 0 saturated carbocycles. The van der Waals surface area contributed by atoms with Crippen molar-refractivity contribution in [3.05, 3.63) is 34.1 Å². The van der Waals surface area contributed by atoms with Crippen LogP contribution in [0.25, 0.3) is 0 Å². The van der Waals surface area contributed by atoms with Gasteiger partial charge in [-0.2, -0.15) is 0 Å². The predicted molar refractivity (Wildman–Crippen MR) is 57.0 cm³/mol. The Morgan fingerprint density at radius 1 is 1.53 bits per heavy atom. The normalized spacial score (nSPS) is 11.2. The van der Waals surface area contributed by atoms with Crippen molar-refractivity contribution in [2.75, 3.05) is 6.61 Å². The maximum atomic E-state index is 12.8. The molecule has 19 heavy (non-hydrogen) atoms. The molecule has 1 rings (SSSR count). The lowest BCUT2D eigenvalue weighted by atomic mass is 10.3. The van der Waals surface area contributed by atoms with E-state index >= 15 is 0 Å². The van der Waals surface area contributed by atoms with E-state index in [-0.39, 0.29) is 0 Å². The molecule has 0 heterocycles. The Labute approximate surface area is 105 Å². The molecule has 11 heteroatoms. The summed E-state index contributed by atoms with van der Waals surface area (Å²) in [6.07, 6.45) is 0. The zero-order valence-electron chi connectivity index (χ0n) is 9.07. The van der Waals surface area contributed by atoms with Crippen LogP contribution in [0.15, 0.2) is 23.1 Å². The Morgan fingerprint density at radius 2 is 2.16 bits per heavy atom. The summed E-state index contributed by atoms with van der Waals surface area (Å²) in [6, 6.07) is 1.80. The van der Waals surface area contributed by atoms with Crippen molar-refractivity contribution < 1.29 is 32.5 Å². The number of carboxylic acids is 1. The monoisotopic (exact) mass is 294 g/mol. The van der Waals surface area contributed by atoms with E-state index in [2.05, 4.69) is 4.84 Å². The molecule has 0 fully saturated rings. The van der Waals surface area contributed by atoms with Gasteiger partial charge in [0.1, 0.15) is 5.82 Å². The number of halogens is 1. The van der Waals surface area contributed by atoms with Gasteiger partial charge in [0.15, 0.2) is 11.5 Å². The molecule has 0 atom stereocenters. The first-order chi connectivity index (χ1) is 8.74. The lowest BCUT2D eigenvalue weighted by molar-refractivity contribution is -0.388. The number of nitro groups is 1. The highest BCUT2D eigenvalue weighted by molar-refractivity contribution is 7.89. The van der Waals surface area contributed by atoms with Crippen LogP contribution in [0.2, 0.25) is 0 Å². The van der Waals surface area contributed by atoms with Gasteiger partial charge < -0.3 is 5.11 Å². The molecule has 0 aromatic heterocycles. The molecule has 0 spiro atoms. The number of carboxylic acid groups (broad SMARTS) is 1. The van der Waals surface area contributed by atoms with Gasteiger partial charge in [-0.15, -0.1) is 0 Å². The largest absolute Gasteiger partial charge is 0.479 e. The van der Waals surface area contributed by atoms with E-state index in [9.17, 15) is 27.7 Å². The minimum atomic E-state index is -4.49. The molecule has 0 aliphatic heterocycles. The maximum absolute atomic E-state index is 12.8. The van der Waals surface area contributed by atoms with Gasteiger partial charge in [-0.05, 0) is 12.1 Å². The van der Waals surface area contributed by atoms with Gasteiger partial charge in [0, 0.05) is 0 Å². The minimum Gasteiger partial charge on any atom is -0.479 e. The molecule has 0 aliphatic rings. The molecule has 104 valence electrons. The average Bonchev–Trinajstić information content (AvgIpc) is 2.27. The minimum absolute atomic E-state index is 0.422. The van der Waals surface area contributed by atoms with Crippen molar-refractivity contribution >= 4 is 21.7 Å². The number of aliphatic carboxylic acids is 1. The first-order valence-corrected chi connectivity index (χ1v) is 6.01. The van der Waals surface area contributed by atoms with Crippen molar-refractivity contribution in [3.8, 4) is 0 Å². The second kappa shape index (κ2) is 5.69.